The number of allylic oxidation sites excluding steroid dienone is 1. The Morgan fingerprint density at radius 3 is 1.55 bits per heavy atom. The van der Waals surface area contributed by atoms with Crippen molar-refractivity contribution in [2.75, 3.05) is 6.61 Å². The van der Waals surface area contributed by atoms with E-state index in [0.717, 1.165) is 57.8 Å². The lowest BCUT2D eigenvalue weighted by molar-refractivity contribution is -0.142. The Morgan fingerprint density at radius 1 is 0.548 bits per heavy atom. The summed E-state index contributed by atoms with van der Waals surface area (Å²) in [4.78, 5) is 23.6. The average molecular weight is 437 g/mol. The molecule has 0 saturated heterocycles. The molecule has 0 saturated carbocycles. The zero-order valence-electron chi connectivity index (χ0n) is 20.9. The molecule has 182 valence electrons. The second-order valence-electron chi connectivity index (χ2n) is 9.04. The highest BCUT2D eigenvalue weighted by atomic mass is 16.5. The molecule has 0 atom stereocenters. The minimum atomic E-state index is -0.0772. The maximum Gasteiger partial charge on any atom is 0.306 e. The fourth-order valence-electron chi connectivity index (χ4n) is 3.79. The van der Waals surface area contributed by atoms with Gasteiger partial charge in [0.15, 0.2) is 0 Å². The van der Waals surface area contributed by atoms with E-state index in [2.05, 4.69) is 19.9 Å². The quantitative estimate of drug-likeness (QED) is 0.0861. The van der Waals surface area contributed by atoms with Crippen LogP contribution in [0.3, 0.4) is 0 Å². The minimum absolute atomic E-state index is 0.0772. The molecule has 0 aliphatic carbocycles. The summed E-state index contributed by atoms with van der Waals surface area (Å²) < 4.78 is 5.24. The third-order valence-electron chi connectivity index (χ3n) is 5.88. The zero-order valence-corrected chi connectivity index (χ0v) is 20.9. The van der Waals surface area contributed by atoms with Gasteiger partial charge in [-0.15, -0.1) is 0 Å². The topological polar surface area (TPSA) is 43.4 Å². The lowest BCUT2D eigenvalue weighted by atomic mass is 10.0. The number of Topliss-reactive ketones (excluding diaryl/α,β-unsaturated/α-hetero) is 1. The number of ketones is 1. The van der Waals surface area contributed by atoms with Crippen LogP contribution in [0.2, 0.25) is 0 Å². The van der Waals surface area contributed by atoms with E-state index in [0.29, 0.717) is 18.8 Å². The van der Waals surface area contributed by atoms with Crippen LogP contribution in [0.1, 0.15) is 149 Å². The van der Waals surface area contributed by atoms with E-state index >= 15 is 0 Å². The fraction of sp³-hybridized carbons (Fsp3) is 0.857. The molecule has 0 aliphatic rings. The molecule has 0 aromatic rings. The van der Waals surface area contributed by atoms with Gasteiger partial charge < -0.3 is 4.74 Å². The number of carbonyl (C=O) groups is 2. The van der Waals surface area contributed by atoms with Crippen LogP contribution in [0.25, 0.3) is 0 Å². The van der Waals surface area contributed by atoms with Crippen molar-refractivity contribution < 1.29 is 14.3 Å². The molecule has 0 rings (SSSR count). The Balaban J connectivity index is 3.31. The first-order valence-corrected chi connectivity index (χ1v) is 13.5. The molecule has 0 fully saturated rings. The maximum absolute atomic E-state index is 11.9. The second-order valence-corrected chi connectivity index (χ2v) is 9.04. The maximum atomic E-state index is 11.9. The Labute approximate surface area is 193 Å². The Hall–Kier alpha value is -1.12. The van der Waals surface area contributed by atoms with Crippen molar-refractivity contribution in [1.82, 2.24) is 0 Å². The molecular weight excluding hydrogens is 384 g/mol. The Kier molecular flexibility index (Phi) is 24.2. The highest BCUT2D eigenvalue weighted by Gasteiger charge is 2.03. The molecule has 0 heterocycles. The van der Waals surface area contributed by atoms with E-state index in [1.54, 1.807) is 0 Å². The van der Waals surface area contributed by atoms with E-state index in [1.807, 2.05) is 6.08 Å². The largest absolute Gasteiger partial charge is 0.461 e. The van der Waals surface area contributed by atoms with Crippen LogP contribution in [-0.2, 0) is 14.3 Å². The Morgan fingerprint density at radius 2 is 1.00 bits per heavy atom. The van der Waals surface area contributed by atoms with Gasteiger partial charge in [0.2, 0.25) is 0 Å². The normalized spacial score (nSPS) is 11.3. The van der Waals surface area contributed by atoms with Gasteiger partial charge in [0, 0.05) is 19.3 Å². The zero-order chi connectivity index (χ0) is 22.8. The molecule has 0 aromatic carbocycles. The average Bonchev–Trinajstić information content (AvgIpc) is 2.76. The number of unbranched alkanes of at least 4 members (excludes halogenated alkanes) is 15. The summed E-state index contributed by atoms with van der Waals surface area (Å²) in [6, 6.07) is 0. The molecule has 0 aromatic heterocycles. The first-order chi connectivity index (χ1) is 15.2. The summed E-state index contributed by atoms with van der Waals surface area (Å²) in [6.45, 7) is 4.88. The lowest BCUT2D eigenvalue weighted by Gasteiger charge is -2.04. The van der Waals surface area contributed by atoms with Crippen LogP contribution in [0.4, 0.5) is 0 Å². The summed E-state index contributed by atoms with van der Waals surface area (Å²) in [5.74, 6) is 0.373. The van der Waals surface area contributed by atoms with Crippen molar-refractivity contribution in [2.24, 2.45) is 0 Å². The molecular formula is C28H52O3. The molecule has 0 spiro atoms. The smallest absolute Gasteiger partial charge is 0.306 e. The van der Waals surface area contributed by atoms with Gasteiger partial charge >= 0.3 is 5.97 Å². The summed E-state index contributed by atoms with van der Waals surface area (Å²) in [5.41, 5.74) is 0. The summed E-state index contributed by atoms with van der Waals surface area (Å²) in [5, 5.41) is 0. The highest BCUT2D eigenvalue weighted by Crippen LogP contribution is 2.12. The number of hydrogen-bond acceptors (Lipinski definition) is 3. The van der Waals surface area contributed by atoms with Crippen molar-refractivity contribution in [3.63, 3.8) is 0 Å². The molecule has 0 radical (unpaired) electrons. The molecule has 0 bridgehead atoms. The van der Waals surface area contributed by atoms with E-state index in [-0.39, 0.29) is 5.97 Å². The number of carbonyl (C=O) groups excluding carboxylic acids is 2. The van der Waals surface area contributed by atoms with Gasteiger partial charge in [0.05, 0.1) is 0 Å². The number of ether oxygens (including phenoxy) is 1. The monoisotopic (exact) mass is 436 g/mol. The second kappa shape index (κ2) is 25.1. The standard InChI is InChI=1S/C28H52O3/c1-3-5-7-9-11-15-19-23-27(29)24-20-16-12-13-17-21-25-28(30)31-26-22-18-14-10-8-6-4-2/h18,22H,3-17,19-21,23-26H2,1-2H3/b22-18+. The van der Waals surface area contributed by atoms with E-state index < -0.39 is 0 Å². The molecule has 3 nitrogen and oxygen atoms in total. The van der Waals surface area contributed by atoms with Gasteiger partial charge in [0.1, 0.15) is 12.4 Å². The van der Waals surface area contributed by atoms with Crippen molar-refractivity contribution in [3.05, 3.63) is 12.2 Å². The van der Waals surface area contributed by atoms with Crippen molar-refractivity contribution >= 4 is 11.8 Å². The predicted molar refractivity (Wildman–Crippen MR) is 133 cm³/mol. The Bertz CT molecular complexity index is 428. The van der Waals surface area contributed by atoms with Gasteiger partial charge in [-0.25, -0.2) is 0 Å². The van der Waals surface area contributed by atoms with Gasteiger partial charge in [0.25, 0.3) is 0 Å². The van der Waals surface area contributed by atoms with Gasteiger partial charge in [-0.1, -0.05) is 109 Å². The van der Waals surface area contributed by atoms with Crippen molar-refractivity contribution in [1.29, 1.82) is 0 Å². The van der Waals surface area contributed by atoms with Crippen LogP contribution >= 0.6 is 0 Å². The molecule has 0 aliphatic heterocycles. The van der Waals surface area contributed by atoms with Gasteiger partial charge in [-0.05, 0) is 32.1 Å². The highest BCUT2D eigenvalue weighted by molar-refractivity contribution is 5.78. The lowest BCUT2D eigenvalue weighted by Crippen LogP contribution is -2.04. The van der Waals surface area contributed by atoms with Crippen LogP contribution in [0, 0.1) is 0 Å². The molecule has 31 heavy (non-hydrogen) atoms. The third-order valence-corrected chi connectivity index (χ3v) is 5.88. The van der Waals surface area contributed by atoms with E-state index in [1.165, 1.54) is 70.6 Å². The first-order valence-electron chi connectivity index (χ1n) is 13.5. The molecule has 3 heteroatoms. The summed E-state index contributed by atoms with van der Waals surface area (Å²) in [7, 11) is 0. The molecule has 0 N–H and O–H groups in total. The molecule has 0 amide bonds. The number of rotatable bonds is 24. The first kappa shape index (κ1) is 29.9. The fourth-order valence-corrected chi connectivity index (χ4v) is 3.79. The van der Waals surface area contributed by atoms with Gasteiger partial charge in [-0.3, -0.25) is 9.59 Å². The van der Waals surface area contributed by atoms with E-state index in [4.69, 9.17) is 4.74 Å². The van der Waals surface area contributed by atoms with Crippen LogP contribution in [0.15, 0.2) is 12.2 Å². The van der Waals surface area contributed by atoms with E-state index in [9.17, 15) is 9.59 Å². The summed E-state index contributed by atoms with van der Waals surface area (Å²) in [6.07, 6.45) is 27.7. The number of hydrogen-bond donors (Lipinski definition) is 0. The van der Waals surface area contributed by atoms with Gasteiger partial charge in [-0.2, -0.15) is 0 Å². The van der Waals surface area contributed by atoms with Crippen LogP contribution in [0.5, 0.6) is 0 Å². The van der Waals surface area contributed by atoms with Crippen molar-refractivity contribution in [3.8, 4) is 0 Å². The van der Waals surface area contributed by atoms with Crippen molar-refractivity contribution in [2.45, 2.75) is 149 Å². The predicted octanol–water partition coefficient (Wildman–Crippen LogP) is 8.89. The minimum Gasteiger partial charge on any atom is -0.461 e. The van der Waals surface area contributed by atoms with Crippen LogP contribution in [-0.4, -0.2) is 18.4 Å². The molecule has 0 unspecified atom stereocenters. The van der Waals surface area contributed by atoms with Crippen LogP contribution < -0.4 is 0 Å². The SMILES string of the molecule is CCCCCC/C=C/COC(=O)CCCCCCCCC(=O)CCCCCCCCC. The number of esters is 1. The summed E-state index contributed by atoms with van der Waals surface area (Å²) >= 11 is 0. The third kappa shape index (κ3) is 25.0.